The lowest BCUT2D eigenvalue weighted by molar-refractivity contribution is 0.0968. The van der Waals surface area contributed by atoms with Crippen LogP contribution in [0.5, 0.6) is 0 Å². The quantitative estimate of drug-likeness (QED) is 0.693. The summed E-state index contributed by atoms with van der Waals surface area (Å²) in [6.07, 6.45) is 2.97. The molecular formula is C10H16N2O. The fraction of sp³-hybridized carbons (Fsp3) is 0.500. The summed E-state index contributed by atoms with van der Waals surface area (Å²) < 4.78 is 0. The standard InChI is InChI=1S/C10H16N2O/c1-10(2,11)6-5-9(13)8-4-3-7-12-8/h3-4,7,12H,5-6,11H2,1-2H3. The van der Waals surface area contributed by atoms with Gasteiger partial charge in [-0.3, -0.25) is 4.79 Å². The van der Waals surface area contributed by atoms with Gasteiger partial charge in [0.05, 0.1) is 5.69 Å². The van der Waals surface area contributed by atoms with Crippen LogP contribution in [0.4, 0.5) is 0 Å². The number of H-pyrrole nitrogens is 1. The Balaban J connectivity index is 2.44. The molecule has 1 heterocycles. The second-order valence-corrected chi connectivity index (χ2v) is 4.00. The van der Waals surface area contributed by atoms with Crippen LogP contribution in [0.15, 0.2) is 18.3 Å². The number of carbonyl (C=O) groups is 1. The number of hydrogen-bond donors (Lipinski definition) is 2. The highest BCUT2D eigenvalue weighted by Gasteiger charge is 2.14. The highest BCUT2D eigenvalue weighted by molar-refractivity contribution is 5.94. The minimum absolute atomic E-state index is 0.128. The zero-order valence-electron chi connectivity index (χ0n) is 8.13. The van der Waals surface area contributed by atoms with Gasteiger partial charge in [0.1, 0.15) is 0 Å². The normalized spacial score (nSPS) is 11.6. The molecule has 13 heavy (non-hydrogen) atoms. The van der Waals surface area contributed by atoms with E-state index in [2.05, 4.69) is 4.98 Å². The number of ketones is 1. The molecule has 1 aromatic rings. The molecule has 0 atom stereocenters. The molecule has 0 spiro atoms. The first kappa shape index (κ1) is 9.99. The van der Waals surface area contributed by atoms with Crippen LogP contribution in [0.1, 0.15) is 37.2 Å². The van der Waals surface area contributed by atoms with Crippen molar-refractivity contribution in [3.63, 3.8) is 0 Å². The van der Waals surface area contributed by atoms with Crippen LogP contribution in [0.3, 0.4) is 0 Å². The van der Waals surface area contributed by atoms with Crippen LogP contribution in [0, 0.1) is 0 Å². The van der Waals surface area contributed by atoms with Crippen LogP contribution >= 0.6 is 0 Å². The Morgan fingerprint density at radius 1 is 1.62 bits per heavy atom. The van der Waals surface area contributed by atoms with Gasteiger partial charge in [0.15, 0.2) is 5.78 Å². The number of rotatable bonds is 4. The number of nitrogens with two attached hydrogens (primary N) is 1. The van der Waals surface area contributed by atoms with Crippen molar-refractivity contribution in [1.29, 1.82) is 0 Å². The number of Topliss-reactive ketones (excluding diaryl/α,β-unsaturated/α-hetero) is 1. The predicted octanol–water partition coefficient (Wildman–Crippen LogP) is 1.71. The van der Waals surface area contributed by atoms with Crippen molar-refractivity contribution >= 4 is 5.78 Å². The Kier molecular flexibility index (Phi) is 2.88. The molecule has 0 radical (unpaired) electrons. The minimum Gasteiger partial charge on any atom is -0.359 e. The van der Waals surface area contributed by atoms with Crippen LogP contribution in [-0.2, 0) is 0 Å². The van der Waals surface area contributed by atoms with Gasteiger partial charge in [0, 0.05) is 18.2 Å². The molecule has 72 valence electrons. The molecule has 1 aromatic heterocycles. The number of aromatic nitrogens is 1. The molecule has 0 amide bonds. The third-order valence-corrected chi connectivity index (χ3v) is 1.89. The van der Waals surface area contributed by atoms with E-state index in [0.29, 0.717) is 18.5 Å². The van der Waals surface area contributed by atoms with E-state index in [1.807, 2.05) is 19.9 Å². The van der Waals surface area contributed by atoms with Gasteiger partial charge in [-0.2, -0.15) is 0 Å². The first-order valence-corrected chi connectivity index (χ1v) is 4.44. The van der Waals surface area contributed by atoms with E-state index in [4.69, 9.17) is 5.73 Å². The van der Waals surface area contributed by atoms with Crippen molar-refractivity contribution in [2.75, 3.05) is 0 Å². The maximum atomic E-state index is 11.5. The molecule has 3 N–H and O–H groups in total. The fourth-order valence-electron chi connectivity index (χ4n) is 1.07. The average molecular weight is 180 g/mol. The molecule has 0 bridgehead atoms. The van der Waals surface area contributed by atoms with Gasteiger partial charge in [-0.05, 0) is 32.4 Å². The summed E-state index contributed by atoms with van der Waals surface area (Å²) >= 11 is 0. The Labute approximate surface area is 78.3 Å². The molecule has 0 aliphatic rings. The van der Waals surface area contributed by atoms with Gasteiger partial charge in [0.2, 0.25) is 0 Å². The number of nitrogens with one attached hydrogen (secondary N) is 1. The van der Waals surface area contributed by atoms with Gasteiger partial charge < -0.3 is 10.7 Å². The van der Waals surface area contributed by atoms with E-state index < -0.39 is 0 Å². The van der Waals surface area contributed by atoms with E-state index in [0.717, 1.165) is 0 Å². The third-order valence-electron chi connectivity index (χ3n) is 1.89. The van der Waals surface area contributed by atoms with Crippen LogP contribution in [-0.4, -0.2) is 16.3 Å². The van der Waals surface area contributed by atoms with Crippen molar-refractivity contribution in [1.82, 2.24) is 4.98 Å². The zero-order valence-corrected chi connectivity index (χ0v) is 8.13. The molecule has 0 unspecified atom stereocenters. The highest BCUT2D eigenvalue weighted by atomic mass is 16.1. The summed E-state index contributed by atoms with van der Waals surface area (Å²) in [6.45, 7) is 3.85. The average Bonchev–Trinajstić information content (AvgIpc) is 2.50. The summed E-state index contributed by atoms with van der Waals surface area (Å²) in [4.78, 5) is 14.3. The molecule has 3 nitrogen and oxygen atoms in total. The van der Waals surface area contributed by atoms with E-state index in [1.54, 1.807) is 12.3 Å². The van der Waals surface area contributed by atoms with Crippen LogP contribution < -0.4 is 5.73 Å². The lowest BCUT2D eigenvalue weighted by Gasteiger charge is -2.16. The molecular weight excluding hydrogens is 164 g/mol. The van der Waals surface area contributed by atoms with E-state index in [-0.39, 0.29) is 11.3 Å². The Morgan fingerprint density at radius 2 is 2.31 bits per heavy atom. The SMILES string of the molecule is CC(C)(N)CCC(=O)c1ccc[nH]1. The summed E-state index contributed by atoms with van der Waals surface area (Å²) in [7, 11) is 0. The van der Waals surface area contributed by atoms with Crippen molar-refractivity contribution in [2.45, 2.75) is 32.2 Å². The van der Waals surface area contributed by atoms with Gasteiger partial charge in [-0.1, -0.05) is 0 Å². The number of carbonyl (C=O) groups excluding carboxylic acids is 1. The minimum atomic E-state index is -0.262. The third kappa shape index (κ3) is 3.42. The van der Waals surface area contributed by atoms with Crippen LogP contribution in [0.25, 0.3) is 0 Å². The Bertz CT molecular complexity index is 270. The molecule has 0 fully saturated rings. The van der Waals surface area contributed by atoms with Gasteiger partial charge >= 0.3 is 0 Å². The van der Waals surface area contributed by atoms with E-state index in [1.165, 1.54) is 0 Å². The first-order valence-electron chi connectivity index (χ1n) is 4.44. The van der Waals surface area contributed by atoms with E-state index >= 15 is 0 Å². The second kappa shape index (κ2) is 3.75. The number of hydrogen-bond acceptors (Lipinski definition) is 2. The monoisotopic (exact) mass is 180 g/mol. The number of aromatic amines is 1. The molecule has 0 saturated heterocycles. The Morgan fingerprint density at radius 3 is 2.77 bits per heavy atom. The lowest BCUT2D eigenvalue weighted by Crippen LogP contribution is -2.32. The fourth-order valence-corrected chi connectivity index (χ4v) is 1.07. The molecule has 1 rings (SSSR count). The second-order valence-electron chi connectivity index (χ2n) is 4.00. The summed E-state index contributed by atoms with van der Waals surface area (Å²) in [6, 6.07) is 3.60. The van der Waals surface area contributed by atoms with Gasteiger partial charge in [0.25, 0.3) is 0 Å². The molecule has 3 heteroatoms. The maximum Gasteiger partial charge on any atom is 0.179 e. The summed E-state index contributed by atoms with van der Waals surface area (Å²) in [5.74, 6) is 0.128. The first-order chi connectivity index (χ1) is 5.99. The maximum absolute atomic E-state index is 11.5. The highest BCUT2D eigenvalue weighted by Crippen LogP contribution is 2.10. The topological polar surface area (TPSA) is 58.9 Å². The zero-order chi connectivity index (χ0) is 9.90. The molecule has 0 aliphatic heterocycles. The van der Waals surface area contributed by atoms with Crippen molar-refractivity contribution in [3.05, 3.63) is 24.0 Å². The predicted molar refractivity (Wildman–Crippen MR) is 52.6 cm³/mol. The van der Waals surface area contributed by atoms with Crippen molar-refractivity contribution < 1.29 is 4.79 Å². The van der Waals surface area contributed by atoms with Crippen molar-refractivity contribution in [2.24, 2.45) is 5.73 Å². The van der Waals surface area contributed by atoms with E-state index in [9.17, 15) is 4.79 Å². The smallest absolute Gasteiger partial charge is 0.179 e. The summed E-state index contributed by atoms with van der Waals surface area (Å²) in [5, 5.41) is 0. The lowest BCUT2D eigenvalue weighted by atomic mass is 9.98. The summed E-state index contributed by atoms with van der Waals surface area (Å²) in [5.41, 5.74) is 6.18. The van der Waals surface area contributed by atoms with Gasteiger partial charge in [-0.25, -0.2) is 0 Å². The van der Waals surface area contributed by atoms with Gasteiger partial charge in [-0.15, -0.1) is 0 Å². The largest absolute Gasteiger partial charge is 0.359 e. The molecule has 0 aromatic carbocycles. The molecule has 0 aliphatic carbocycles. The Hall–Kier alpha value is -1.09. The van der Waals surface area contributed by atoms with Crippen molar-refractivity contribution in [3.8, 4) is 0 Å². The van der Waals surface area contributed by atoms with Crippen LogP contribution in [0.2, 0.25) is 0 Å². The molecule has 0 saturated carbocycles.